The van der Waals surface area contributed by atoms with E-state index in [1.54, 1.807) is 10.7 Å². The average Bonchev–Trinajstić information content (AvgIpc) is 2.70. The van der Waals surface area contributed by atoms with E-state index in [9.17, 15) is 0 Å². The molecule has 1 heterocycles. The monoisotopic (exact) mass is 330 g/mol. The Hall–Kier alpha value is -0.650. The van der Waals surface area contributed by atoms with Crippen molar-refractivity contribution in [3.05, 3.63) is 45.1 Å². The van der Waals surface area contributed by atoms with Gasteiger partial charge in [0.05, 0.1) is 18.0 Å². The first-order chi connectivity index (χ1) is 7.20. The Labute approximate surface area is 104 Å². The molecule has 0 atom stereocenters. The molecule has 0 aliphatic rings. The molecule has 3 nitrogen and oxygen atoms in total. The molecule has 5 heteroatoms. The minimum atomic E-state index is -0.0430. The molecule has 2 aromatic rings. The lowest BCUT2D eigenvalue weighted by atomic mass is 10.3. The molecule has 1 aromatic heterocycles. The van der Waals surface area contributed by atoms with E-state index in [1.165, 1.54) is 0 Å². The molecule has 15 heavy (non-hydrogen) atoms. The maximum atomic E-state index is 8.92. The molecule has 0 spiro atoms. The fourth-order valence-corrected chi connectivity index (χ4v) is 2.02. The first-order valence-corrected chi connectivity index (χ1v) is 5.90. The summed E-state index contributed by atoms with van der Waals surface area (Å²) in [7, 11) is 0. The van der Waals surface area contributed by atoms with Crippen LogP contribution in [0.25, 0.3) is 5.69 Å². The maximum Gasteiger partial charge on any atom is 0.0883 e. The Kier molecular flexibility index (Phi) is 3.23. The standard InChI is InChI=1S/C10H8Br2N2O/c11-7-1-2-9(12)10(5-7)14-4-3-8(6-15)13-14/h1-5,15H,6H2. The predicted molar refractivity (Wildman–Crippen MR) is 64.9 cm³/mol. The average molecular weight is 332 g/mol. The van der Waals surface area contributed by atoms with Crippen LogP contribution < -0.4 is 0 Å². The van der Waals surface area contributed by atoms with Gasteiger partial charge in [-0.15, -0.1) is 0 Å². The molecule has 0 aliphatic heterocycles. The number of aliphatic hydroxyl groups is 1. The van der Waals surface area contributed by atoms with Crippen LogP contribution >= 0.6 is 31.9 Å². The fraction of sp³-hybridized carbons (Fsp3) is 0.100. The first-order valence-electron chi connectivity index (χ1n) is 4.31. The summed E-state index contributed by atoms with van der Waals surface area (Å²) in [6, 6.07) is 7.63. The van der Waals surface area contributed by atoms with Gasteiger partial charge in [0.1, 0.15) is 0 Å². The van der Waals surface area contributed by atoms with Gasteiger partial charge in [0, 0.05) is 15.1 Å². The molecule has 0 unspecified atom stereocenters. The van der Waals surface area contributed by atoms with Gasteiger partial charge < -0.3 is 5.11 Å². The van der Waals surface area contributed by atoms with E-state index in [0.29, 0.717) is 5.69 Å². The van der Waals surface area contributed by atoms with E-state index < -0.39 is 0 Å². The number of aliphatic hydroxyl groups excluding tert-OH is 1. The van der Waals surface area contributed by atoms with E-state index in [1.807, 2.05) is 24.4 Å². The van der Waals surface area contributed by atoms with Crippen LogP contribution in [-0.4, -0.2) is 14.9 Å². The zero-order valence-electron chi connectivity index (χ0n) is 7.69. The van der Waals surface area contributed by atoms with Crippen molar-refractivity contribution in [2.24, 2.45) is 0 Å². The number of benzene rings is 1. The zero-order valence-corrected chi connectivity index (χ0v) is 10.9. The first kappa shape index (κ1) is 10.9. The topological polar surface area (TPSA) is 38.0 Å². The summed E-state index contributed by atoms with van der Waals surface area (Å²) in [6.07, 6.45) is 1.82. The van der Waals surface area contributed by atoms with Crippen molar-refractivity contribution in [2.45, 2.75) is 6.61 Å². The van der Waals surface area contributed by atoms with Gasteiger partial charge in [0.15, 0.2) is 0 Å². The Morgan fingerprint density at radius 2 is 2.07 bits per heavy atom. The SMILES string of the molecule is OCc1ccn(-c2cc(Br)ccc2Br)n1. The van der Waals surface area contributed by atoms with Crippen LogP contribution in [0.15, 0.2) is 39.4 Å². The van der Waals surface area contributed by atoms with Gasteiger partial charge in [-0.1, -0.05) is 15.9 Å². The molecule has 78 valence electrons. The highest BCUT2D eigenvalue weighted by atomic mass is 79.9. The smallest absolute Gasteiger partial charge is 0.0883 e. The van der Waals surface area contributed by atoms with Crippen molar-refractivity contribution < 1.29 is 5.11 Å². The van der Waals surface area contributed by atoms with Crippen LogP contribution in [-0.2, 0) is 6.61 Å². The number of hydrogen-bond acceptors (Lipinski definition) is 2. The number of hydrogen-bond donors (Lipinski definition) is 1. The molecule has 1 N–H and O–H groups in total. The van der Waals surface area contributed by atoms with Crippen molar-refractivity contribution in [1.82, 2.24) is 9.78 Å². The molecule has 0 bridgehead atoms. The molecule has 0 radical (unpaired) electrons. The van der Waals surface area contributed by atoms with Gasteiger partial charge in [-0.3, -0.25) is 0 Å². The van der Waals surface area contributed by atoms with Crippen LogP contribution in [0.1, 0.15) is 5.69 Å². The Morgan fingerprint density at radius 1 is 1.27 bits per heavy atom. The summed E-state index contributed by atoms with van der Waals surface area (Å²) >= 11 is 6.86. The van der Waals surface area contributed by atoms with E-state index in [2.05, 4.69) is 37.0 Å². The second-order valence-electron chi connectivity index (χ2n) is 3.01. The maximum absolute atomic E-state index is 8.92. The third-order valence-electron chi connectivity index (χ3n) is 1.96. The van der Waals surface area contributed by atoms with Crippen LogP contribution in [0.4, 0.5) is 0 Å². The second kappa shape index (κ2) is 4.47. The Bertz CT molecular complexity index is 482. The third-order valence-corrected chi connectivity index (χ3v) is 3.13. The molecular formula is C10H8Br2N2O. The lowest BCUT2D eigenvalue weighted by molar-refractivity contribution is 0.276. The predicted octanol–water partition coefficient (Wildman–Crippen LogP) is 2.89. The molecule has 2 rings (SSSR count). The van der Waals surface area contributed by atoms with Crippen molar-refractivity contribution in [3.8, 4) is 5.69 Å². The quantitative estimate of drug-likeness (QED) is 0.918. The minimum absolute atomic E-state index is 0.0430. The van der Waals surface area contributed by atoms with Gasteiger partial charge in [-0.2, -0.15) is 5.10 Å². The van der Waals surface area contributed by atoms with Gasteiger partial charge in [0.2, 0.25) is 0 Å². The van der Waals surface area contributed by atoms with E-state index in [-0.39, 0.29) is 6.61 Å². The van der Waals surface area contributed by atoms with Crippen LogP contribution in [0.2, 0.25) is 0 Å². The van der Waals surface area contributed by atoms with E-state index in [4.69, 9.17) is 5.11 Å². The largest absolute Gasteiger partial charge is 0.390 e. The molecule has 0 saturated heterocycles. The second-order valence-corrected chi connectivity index (χ2v) is 4.78. The third kappa shape index (κ3) is 2.30. The van der Waals surface area contributed by atoms with Crippen molar-refractivity contribution in [1.29, 1.82) is 0 Å². The zero-order chi connectivity index (χ0) is 10.8. The van der Waals surface area contributed by atoms with Crippen LogP contribution in [0.3, 0.4) is 0 Å². The Balaban J connectivity index is 2.48. The van der Waals surface area contributed by atoms with Gasteiger partial charge in [-0.25, -0.2) is 4.68 Å². The molecule has 0 aliphatic carbocycles. The van der Waals surface area contributed by atoms with E-state index in [0.717, 1.165) is 14.6 Å². The highest BCUT2D eigenvalue weighted by Crippen LogP contribution is 2.24. The molecule has 1 aromatic carbocycles. The molecule has 0 amide bonds. The summed E-state index contributed by atoms with van der Waals surface area (Å²) in [4.78, 5) is 0. The summed E-state index contributed by atoms with van der Waals surface area (Å²) < 4.78 is 3.67. The summed E-state index contributed by atoms with van der Waals surface area (Å²) in [5, 5.41) is 13.1. The molecule has 0 saturated carbocycles. The number of rotatable bonds is 2. The minimum Gasteiger partial charge on any atom is -0.390 e. The molecule has 0 fully saturated rings. The number of nitrogens with zero attached hydrogens (tertiary/aromatic N) is 2. The fourth-order valence-electron chi connectivity index (χ4n) is 1.24. The van der Waals surface area contributed by atoms with Gasteiger partial charge >= 0.3 is 0 Å². The Morgan fingerprint density at radius 3 is 2.73 bits per heavy atom. The molecular weight excluding hydrogens is 324 g/mol. The van der Waals surface area contributed by atoms with Crippen LogP contribution in [0, 0.1) is 0 Å². The highest BCUT2D eigenvalue weighted by molar-refractivity contribution is 9.11. The number of aromatic nitrogens is 2. The summed E-state index contributed by atoms with van der Waals surface area (Å²) in [6.45, 7) is -0.0430. The van der Waals surface area contributed by atoms with Crippen LogP contribution in [0.5, 0.6) is 0 Å². The lowest BCUT2D eigenvalue weighted by Gasteiger charge is -2.04. The van der Waals surface area contributed by atoms with Gasteiger partial charge in [-0.05, 0) is 40.2 Å². The van der Waals surface area contributed by atoms with Crippen molar-refractivity contribution in [3.63, 3.8) is 0 Å². The summed E-state index contributed by atoms with van der Waals surface area (Å²) in [5.41, 5.74) is 1.59. The normalized spacial score (nSPS) is 10.6. The van der Waals surface area contributed by atoms with E-state index >= 15 is 0 Å². The van der Waals surface area contributed by atoms with Crippen molar-refractivity contribution >= 4 is 31.9 Å². The summed E-state index contributed by atoms with van der Waals surface area (Å²) in [5.74, 6) is 0. The van der Waals surface area contributed by atoms with Crippen molar-refractivity contribution in [2.75, 3.05) is 0 Å². The number of halogens is 2. The highest BCUT2D eigenvalue weighted by Gasteiger charge is 2.05. The lowest BCUT2D eigenvalue weighted by Crippen LogP contribution is -1.97. The van der Waals surface area contributed by atoms with Gasteiger partial charge in [0.25, 0.3) is 0 Å².